The number of amides is 1. The molecule has 0 aliphatic carbocycles. The van der Waals surface area contributed by atoms with Crippen LogP contribution in [-0.4, -0.2) is 30.6 Å². The molecule has 3 N–H and O–H groups in total. The van der Waals surface area contributed by atoms with E-state index in [-0.39, 0.29) is 17.7 Å². The molecule has 0 atom stereocenters. The molecule has 0 aliphatic heterocycles. The molecule has 0 radical (unpaired) electrons. The van der Waals surface area contributed by atoms with Gasteiger partial charge in [-0.05, 0) is 25.2 Å². The van der Waals surface area contributed by atoms with Crippen molar-refractivity contribution in [2.24, 2.45) is 5.84 Å². The van der Waals surface area contributed by atoms with Crippen LogP contribution < -0.4 is 11.3 Å². The number of halogens is 4. The monoisotopic (exact) mass is 279 g/mol. The van der Waals surface area contributed by atoms with Crippen LogP contribution in [0.1, 0.15) is 15.9 Å². The van der Waals surface area contributed by atoms with Gasteiger partial charge in [-0.25, -0.2) is 10.2 Å². The summed E-state index contributed by atoms with van der Waals surface area (Å²) >= 11 is 0. The molecule has 0 aromatic heterocycles. The third-order valence-corrected chi connectivity index (χ3v) is 2.33. The van der Waals surface area contributed by atoms with Crippen molar-refractivity contribution in [3.8, 4) is 0 Å². The third-order valence-electron chi connectivity index (χ3n) is 2.33. The van der Waals surface area contributed by atoms with Gasteiger partial charge in [0.25, 0.3) is 5.91 Å². The number of carbonyl (C=O) groups is 1. The molecule has 1 aromatic rings. The lowest BCUT2D eigenvalue weighted by molar-refractivity contribution is -0.144. The van der Waals surface area contributed by atoms with Gasteiger partial charge in [0.2, 0.25) is 0 Å². The topological polar surface area (TPSA) is 58.4 Å². The summed E-state index contributed by atoms with van der Waals surface area (Å²) in [5.41, 5.74) is 1.94. The van der Waals surface area contributed by atoms with E-state index in [2.05, 4.69) is 0 Å². The van der Waals surface area contributed by atoms with Crippen LogP contribution in [0.15, 0.2) is 18.2 Å². The number of rotatable bonds is 4. The van der Waals surface area contributed by atoms with Crippen LogP contribution >= 0.6 is 0 Å². The van der Waals surface area contributed by atoms with Gasteiger partial charge in [-0.1, -0.05) is 0 Å². The molecule has 0 saturated heterocycles. The average molecular weight is 279 g/mol. The van der Waals surface area contributed by atoms with Crippen LogP contribution in [-0.2, 0) is 6.54 Å². The molecule has 0 spiro atoms. The average Bonchev–Trinajstić information content (AvgIpc) is 2.28. The van der Waals surface area contributed by atoms with Crippen molar-refractivity contribution in [1.82, 2.24) is 10.3 Å². The first kappa shape index (κ1) is 15.4. The summed E-state index contributed by atoms with van der Waals surface area (Å²) in [5, 5.41) is 0. The van der Waals surface area contributed by atoms with Crippen molar-refractivity contribution in [3.63, 3.8) is 0 Å². The second-order valence-electron chi connectivity index (χ2n) is 4.07. The van der Waals surface area contributed by atoms with Crippen LogP contribution in [0.3, 0.4) is 0 Å². The minimum absolute atomic E-state index is 0.00662. The Morgan fingerprint density at radius 1 is 1.42 bits per heavy atom. The van der Waals surface area contributed by atoms with Crippen LogP contribution in [0, 0.1) is 5.82 Å². The SMILES string of the molecule is CN(Cc1cc(C(=O)NN)ccc1F)CC(F)(F)F. The van der Waals surface area contributed by atoms with E-state index in [9.17, 15) is 22.4 Å². The summed E-state index contributed by atoms with van der Waals surface area (Å²) in [6, 6.07) is 3.39. The summed E-state index contributed by atoms with van der Waals surface area (Å²) in [5.74, 6) is 3.61. The Labute approximate surface area is 107 Å². The standard InChI is InChI=1S/C11H13F4N3O/c1-18(6-11(13,14)15)5-8-4-7(10(19)17-16)2-3-9(8)12/h2-4H,5-6,16H2,1H3,(H,17,19). The fourth-order valence-corrected chi connectivity index (χ4v) is 1.57. The van der Waals surface area contributed by atoms with Gasteiger partial charge in [-0.3, -0.25) is 15.1 Å². The molecule has 8 heteroatoms. The van der Waals surface area contributed by atoms with Crippen molar-refractivity contribution in [3.05, 3.63) is 35.1 Å². The molecule has 4 nitrogen and oxygen atoms in total. The Balaban J connectivity index is 2.85. The molecule has 1 aromatic carbocycles. The van der Waals surface area contributed by atoms with Crippen molar-refractivity contribution in [2.75, 3.05) is 13.6 Å². The van der Waals surface area contributed by atoms with Crippen molar-refractivity contribution in [2.45, 2.75) is 12.7 Å². The van der Waals surface area contributed by atoms with Crippen molar-refractivity contribution < 1.29 is 22.4 Å². The zero-order chi connectivity index (χ0) is 14.6. The molecule has 0 heterocycles. The van der Waals surface area contributed by atoms with E-state index < -0.39 is 24.4 Å². The minimum atomic E-state index is -4.36. The molecule has 1 amide bonds. The molecule has 0 bridgehead atoms. The zero-order valence-electron chi connectivity index (χ0n) is 10.1. The Hall–Kier alpha value is -1.67. The predicted octanol–water partition coefficient (Wildman–Crippen LogP) is 1.42. The lowest BCUT2D eigenvalue weighted by atomic mass is 10.1. The summed E-state index contributed by atoms with van der Waals surface area (Å²) in [4.78, 5) is 12.1. The van der Waals surface area contributed by atoms with Gasteiger partial charge >= 0.3 is 6.18 Å². The molecule has 19 heavy (non-hydrogen) atoms. The van der Waals surface area contributed by atoms with Gasteiger partial charge in [0, 0.05) is 17.7 Å². The van der Waals surface area contributed by atoms with Gasteiger partial charge in [0.1, 0.15) is 5.82 Å². The van der Waals surface area contributed by atoms with Crippen LogP contribution in [0.5, 0.6) is 0 Å². The first-order valence-corrected chi connectivity index (χ1v) is 5.27. The van der Waals surface area contributed by atoms with E-state index in [1.807, 2.05) is 5.43 Å². The highest BCUT2D eigenvalue weighted by Gasteiger charge is 2.29. The van der Waals surface area contributed by atoms with Crippen LogP contribution in [0.2, 0.25) is 0 Å². The normalized spacial score (nSPS) is 11.7. The number of hydrogen-bond donors (Lipinski definition) is 2. The largest absolute Gasteiger partial charge is 0.401 e. The molecular formula is C11H13F4N3O. The molecule has 1 rings (SSSR count). The van der Waals surface area contributed by atoms with E-state index in [1.54, 1.807) is 0 Å². The van der Waals surface area contributed by atoms with Gasteiger partial charge < -0.3 is 0 Å². The fourth-order valence-electron chi connectivity index (χ4n) is 1.57. The Kier molecular flexibility index (Phi) is 4.84. The minimum Gasteiger partial charge on any atom is -0.294 e. The number of nitrogens with one attached hydrogen (secondary N) is 1. The second kappa shape index (κ2) is 5.98. The number of nitrogens with two attached hydrogens (primary N) is 1. The molecule has 0 saturated carbocycles. The zero-order valence-corrected chi connectivity index (χ0v) is 10.1. The highest BCUT2D eigenvalue weighted by molar-refractivity contribution is 5.93. The summed E-state index contributed by atoms with van der Waals surface area (Å²) in [6.45, 7) is -1.43. The Bertz CT molecular complexity index is 462. The number of carbonyl (C=O) groups excluding carboxylic acids is 1. The van der Waals surface area contributed by atoms with Crippen molar-refractivity contribution >= 4 is 5.91 Å². The lowest BCUT2D eigenvalue weighted by Crippen LogP contribution is -2.31. The fraction of sp³-hybridized carbons (Fsp3) is 0.364. The Morgan fingerprint density at radius 2 is 2.05 bits per heavy atom. The smallest absolute Gasteiger partial charge is 0.294 e. The lowest BCUT2D eigenvalue weighted by Gasteiger charge is -2.19. The highest BCUT2D eigenvalue weighted by atomic mass is 19.4. The Morgan fingerprint density at radius 3 is 2.58 bits per heavy atom. The molecule has 0 aliphatic rings. The van der Waals surface area contributed by atoms with E-state index in [4.69, 9.17) is 5.84 Å². The molecule has 0 fully saturated rings. The second-order valence-corrected chi connectivity index (χ2v) is 4.07. The quantitative estimate of drug-likeness (QED) is 0.379. The number of nitrogens with zero attached hydrogens (tertiary/aromatic N) is 1. The van der Waals surface area contributed by atoms with Crippen LogP contribution in [0.25, 0.3) is 0 Å². The highest BCUT2D eigenvalue weighted by Crippen LogP contribution is 2.18. The molecule has 106 valence electrons. The van der Waals surface area contributed by atoms with E-state index >= 15 is 0 Å². The maximum Gasteiger partial charge on any atom is 0.401 e. The van der Waals surface area contributed by atoms with Crippen LogP contribution in [0.4, 0.5) is 17.6 Å². The predicted molar refractivity (Wildman–Crippen MR) is 60.4 cm³/mol. The van der Waals surface area contributed by atoms with Gasteiger partial charge in [-0.2, -0.15) is 13.2 Å². The molecular weight excluding hydrogens is 266 g/mol. The van der Waals surface area contributed by atoms with E-state index in [0.717, 1.165) is 11.0 Å². The number of hydrogen-bond acceptors (Lipinski definition) is 3. The summed E-state index contributed by atoms with van der Waals surface area (Å²) < 4.78 is 49.9. The number of nitrogen functional groups attached to an aromatic ring is 1. The van der Waals surface area contributed by atoms with Gasteiger partial charge in [0.05, 0.1) is 6.54 Å². The van der Waals surface area contributed by atoms with Gasteiger partial charge in [-0.15, -0.1) is 0 Å². The summed E-state index contributed by atoms with van der Waals surface area (Å²) in [7, 11) is 1.21. The van der Waals surface area contributed by atoms with Gasteiger partial charge in [0.15, 0.2) is 0 Å². The number of benzene rings is 1. The first-order valence-electron chi connectivity index (χ1n) is 5.27. The van der Waals surface area contributed by atoms with E-state index in [0.29, 0.717) is 0 Å². The first-order chi connectivity index (χ1) is 8.73. The number of hydrazine groups is 1. The summed E-state index contributed by atoms with van der Waals surface area (Å²) in [6.07, 6.45) is -4.36. The van der Waals surface area contributed by atoms with E-state index in [1.165, 1.54) is 19.2 Å². The third kappa shape index (κ3) is 4.84. The number of alkyl halides is 3. The van der Waals surface area contributed by atoms with Crippen molar-refractivity contribution in [1.29, 1.82) is 0 Å². The maximum absolute atomic E-state index is 13.5. The molecule has 0 unspecified atom stereocenters. The maximum atomic E-state index is 13.5.